The van der Waals surface area contributed by atoms with Gasteiger partial charge in [-0.2, -0.15) is 0 Å². The van der Waals surface area contributed by atoms with Gasteiger partial charge in [0.05, 0.1) is 5.57 Å². The van der Waals surface area contributed by atoms with E-state index in [1.165, 1.54) is 0 Å². The molecule has 0 aliphatic carbocycles. The molecule has 2 rings (SSSR count). The Morgan fingerprint density at radius 2 is 1.62 bits per heavy atom. The van der Waals surface area contributed by atoms with E-state index < -0.39 is 5.97 Å². The second-order valence-corrected chi connectivity index (χ2v) is 5.69. The summed E-state index contributed by atoms with van der Waals surface area (Å²) in [4.78, 5) is 12.0. The number of carboxylic acid groups (broad SMARTS) is 1. The van der Waals surface area contributed by atoms with Crippen LogP contribution in [0.15, 0.2) is 54.6 Å². The maximum Gasteiger partial charge on any atom is 0.336 e. The molecule has 0 saturated heterocycles. The highest BCUT2D eigenvalue weighted by atomic mass is 16.7. The van der Waals surface area contributed by atoms with Crippen molar-refractivity contribution in [2.75, 3.05) is 13.9 Å². The molecule has 0 aliphatic heterocycles. The van der Waals surface area contributed by atoms with Gasteiger partial charge in [0.25, 0.3) is 0 Å². The molecule has 0 aliphatic rings. The van der Waals surface area contributed by atoms with Crippen LogP contribution >= 0.6 is 0 Å². The molecule has 0 atom stereocenters. The van der Waals surface area contributed by atoms with Crippen molar-refractivity contribution in [3.8, 4) is 5.75 Å². The molecule has 0 saturated carbocycles. The third-order valence-electron chi connectivity index (χ3n) is 3.63. The summed E-state index contributed by atoms with van der Waals surface area (Å²) in [5, 5.41) is 9.81. The fraction of sp³-hybridized carbons (Fsp3) is 0.250. The Hall–Kier alpha value is -2.59. The highest BCUT2D eigenvalue weighted by molar-refractivity contribution is 6.24. The van der Waals surface area contributed by atoms with E-state index in [2.05, 4.69) is 0 Å². The summed E-state index contributed by atoms with van der Waals surface area (Å²) in [6.07, 6.45) is 0. The lowest BCUT2D eigenvalue weighted by Crippen LogP contribution is -2.07. The minimum Gasteiger partial charge on any atom is -0.478 e. The molecule has 0 amide bonds. The molecule has 0 aromatic heterocycles. The molecule has 4 heteroatoms. The van der Waals surface area contributed by atoms with Crippen molar-refractivity contribution in [2.45, 2.75) is 13.8 Å². The van der Waals surface area contributed by atoms with Crippen LogP contribution in [0.3, 0.4) is 0 Å². The first kappa shape index (κ1) is 17.8. The Balaban J connectivity index is 2.52. The summed E-state index contributed by atoms with van der Waals surface area (Å²) in [5.41, 5.74) is 2.70. The van der Waals surface area contributed by atoms with Gasteiger partial charge in [-0.3, -0.25) is 0 Å². The van der Waals surface area contributed by atoms with Gasteiger partial charge >= 0.3 is 5.97 Å². The number of carboxylic acids is 1. The molecule has 0 radical (unpaired) electrons. The lowest BCUT2D eigenvalue weighted by Gasteiger charge is -2.17. The van der Waals surface area contributed by atoms with Crippen molar-refractivity contribution in [1.82, 2.24) is 0 Å². The Labute approximate surface area is 142 Å². The van der Waals surface area contributed by atoms with Crippen LogP contribution in [0, 0.1) is 5.92 Å². The van der Waals surface area contributed by atoms with E-state index in [1.54, 1.807) is 31.4 Å². The van der Waals surface area contributed by atoms with Gasteiger partial charge < -0.3 is 14.6 Å². The van der Waals surface area contributed by atoms with E-state index in [4.69, 9.17) is 9.47 Å². The van der Waals surface area contributed by atoms with E-state index in [1.807, 2.05) is 44.2 Å². The molecule has 0 spiro atoms. The number of hydrogen-bond acceptors (Lipinski definition) is 3. The molecular weight excluding hydrogens is 304 g/mol. The second-order valence-electron chi connectivity index (χ2n) is 5.69. The highest BCUT2D eigenvalue weighted by Crippen LogP contribution is 2.33. The topological polar surface area (TPSA) is 55.8 Å². The monoisotopic (exact) mass is 326 g/mol. The van der Waals surface area contributed by atoms with Crippen LogP contribution in [0.25, 0.3) is 11.1 Å². The molecule has 0 unspecified atom stereocenters. The highest BCUT2D eigenvalue weighted by Gasteiger charge is 2.20. The second kappa shape index (κ2) is 8.31. The van der Waals surface area contributed by atoms with Gasteiger partial charge in [0.2, 0.25) is 0 Å². The zero-order valence-corrected chi connectivity index (χ0v) is 14.2. The van der Waals surface area contributed by atoms with Crippen LogP contribution in [-0.2, 0) is 9.53 Å². The molecule has 2 aromatic carbocycles. The maximum absolute atomic E-state index is 12.0. The first-order chi connectivity index (χ1) is 11.5. The zero-order valence-electron chi connectivity index (χ0n) is 14.2. The number of benzene rings is 2. The minimum absolute atomic E-state index is 0.0721. The van der Waals surface area contributed by atoms with Gasteiger partial charge in [0.1, 0.15) is 5.75 Å². The van der Waals surface area contributed by atoms with E-state index in [-0.39, 0.29) is 12.7 Å². The lowest BCUT2D eigenvalue weighted by atomic mass is 9.87. The number of allylic oxidation sites excluding steroid dienone is 1. The van der Waals surface area contributed by atoms with E-state index >= 15 is 0 Å². The summed E-state index contributed by atoms with van der Waals surface area (Å²) in [7, 11) is 1.55. The number of ether oxygens (including phenoxy) is 2. The fourth-order valence-electron chi connectivity index (χ4n) is 2.62. The predicted molar refractivity (Wildman–Crippen MR) is 94.7 cm³/mol. The molecule has 126 valence electrons. The average Bonchev–Trinajstić information content (AvgIpc) is 2.58. The van der Waals surface area contributed by atoms with Crippen molar-refractivity contribution in [2.24, 2.45) is 5.92 Å². The van der Waals surface area contributed by atoms with E-state index in [0.717, 1.165) is 11.1 Å². The average molecular weight is 326 g/mol. The molecule has 1 N–H and O–H groups in total. The van der Waals surface area contributed by atoms with Crippen LogP contribution < -0.4 is 4.74 Å². The molecule has 4 nitrogen and oxygen atoms in total. The fourth-order valence-corrected chi connectivity index (χ4v) is 2.62. The van der Waals surface area contributed by atoms with Crippen LogP contribution in [-0.4, -0.2) is 25.0 Å². The van der Waals surface area contributed by atoms with Crippen molar-refractivity contribution in [1.29, 1.82) is 0 Å². The van der Waals surface area contributed by atoms with Crippen molar-refractivity contribution < 1.29 is 19.4 Å². The van der Waals surface area contributed by atoms with Crippen LogP contribution in [0.5, 0.6) is 5.75 Å². The number of carbonyl (C=O) groups is 1. The Morgan fingerprint density at radius 1 is 1.00 bits per heavy atom. The lowest BCUT2D eigenvalue weighted by molar-refractivity contribution is -0.130. The molecular formula is C20H22O4. The number of methoxy groups -OCH3 is 1. The van der Waals surface area contributed by atoms with Gasteiger partial charge in [0, 0.05) is 7.11 Å². The normalized spacial score (nSPS) is 12.0. The quantitative estimate of drug-likeness (QED) is 0.468. The maximum atomic E-state index is 12.0. The van der Waals surface area contributed by atoms with Crippen molar-refractivity contribution >= 4 is 17.1 Å². The molecule has 0 fully saturated rings. The predicted octanol–water partition coefficient (Wildman–Crippen LogP) is 4.32. The smallest absolute Gasteiger partial charge is 0.336 e. The summed E-state index contributed by atoms with van der Waals surface area (Å²) in [6.45, 7) is 4.16. The van der Waals surface area contributed by atoms with Crippen LogP contribution in [0.2, 0.25) is 0 Å². The van der Waals surface area contributed by atoms with Gasteiger partial charge in [-0.15, -0.1) is 0 Å². The largest absolute Gasteiger partial charge is 0.478 e. The summed E-state index contributed by atoms with van der Waals surface area (Å²) in [5.74, 6) is -0.229. The first-order valence-electron chi connectivity index (χ1n) is 7.79. The van der Waals surface area contributed by atoms with Gasteiger partial charge in [-0.05, 0) is 34.8 Å². The molecule has 24 heavy (non-hydrogen) atoms. The number of hydrogen-bond donors (Lipinski definition) is 1. The van der Waals surface area contributed by atoms with Crippen molar-refractivity contribution in [3.63, 3.8) is 0 Å². The van der Waals surface area contributed by atoms with Gasteiger partial charge in [-0.25, -0.2) is 4.79 Å². The number of aliphatic carboxylic acids is 1. The SMILES string of the molecule is COCOc1ccc(C(C(=O)O)=C(c2ccccc2)C(C)C)cc1. The van der Waals surface area contributed by atoms with Crippen molar-refractivity contribution in [3.05, 3.63) is 65.7 Å². The number of rotatable bonds is 7. The summed E-state index contributed by atoms with van der Waals surface area (Å²) >= 11 is 0. The molecule has 0 bridgehead atoms. The zero-order chi connectivity index (χ0) is 17.5. The summed E-state index contributed by atoms with van der Waals surface area (Å²) in [6, 6.07) is 16.7. The first-order valence-corrected chi connectivity index (χ1v) is 7.79. The summed E-state index contributed by atoms with van der Waals surface area (Å²) < 4.78 is 10.2. The van der Waals surface area contributed by atoms with Crippen LogP contribution in [0.4, 0.5) is 0 Å². The van der Waals surface area contributed by atoms with E-state index in [9.17, 15) is 9.90 Å². The molecule has 2 aromatic rings. The Bertz CT molecular complexity index is 700. The standard InChI is InChI=1S/C20H22O4/c1-14(2)18(15-7-5-4-6-8-15)19(20(21)22)16-9-11-17(12-10-16)24-13-23-3/h4-12,14H,13H2,1-3H3,(H,21,22). The third-order valence-corrected chi connectivity index (χ3v) is 3.63. The minimum atomic E-state index is -0.937. The Morgan fingerprint density at radius 3 is 2.12 bits per heavy atom. The molecule has 0 heterocycles. The third kappa shape index (κ3) is 4.24. The van der Waals surface area contributed by atoms with Gasteiger partial charge in [-0.1, -0.05) is 56.3 Å². The van der Waals surface area contributed by atoms with E-state index in [0.29, 0.717) is 16.9 Å². The van der Waals surface area contributed by atoms with Gasteiger partial charge in [0.15, 0.2) is 6.79 Å². The Kier molecular flexibility index (Phi) is 6.15. The van der Waals surface area contributed by atoms with Crippen LogP contribution in [0.1, 0.15) is 25.0 Å².